The fraction of sp³-hybridized carbons (Fsp3) is 0.353. The van der Waals surface area contributed by atoms with Crippen LogP contribution in [0.4, 0.5) is 0 Å². The number of rotatable bonds is 2. The number of carboxylic acid groups (broad SMARTS) is 1. The van der Waals surface area contributed by atoms with E-state index in [1.807, 2.05) is 24.3 Å². The van der Waals surface area contributed by atoms with E-state index < -0.39 is 14.0 Å². The van der Waals surface area contributed by atoms with Crippen LogP contribution in [0.2, 0.25) is 18.1 Å². The van der Waals surface area contributed by atoms with Gasteiger partial charge in [-0.15, -0.1) is 5.54 Å². The molecule has 2 nitrogen and oxygen atoms in total. The number of hydrogen-bond acceptors (Lipinski definition) is 1. The molecule has 0 bridgehead atoms. The second kappa shape index (κ2) is 6.11. The van der Waals surface area contributed by atoms with Crippen molar-refractivity contribution in [3.63, 3.8) is 0 Å². The number of carboxylic acids is 1. The van der Waals surface area contributed by atoms with Crippen LogP contribution in [0.1, 0.15) is 31.9 Å². The molecule has 1 N–H and O–H groups in total. The molecule has 0 fully saturated rings. The lowest BCUT2D eigenvalue weighted by Gasteiger charge is -2.31. The van der Waals surface area contributed by atoms with Crippen molar-refractivity contribution >= 4 is 20.1 Å². The van der Waals surface area contributed by atoms with Gasteiger partial charge in [-0.05, 0) is 28.8 Å². The Kier molecular flexibility index (Phi) is 4.96. The van der Waals surface area contributed by atoms with Gasteiger partial charge in [0.25, 0.3) is 0 Å². The zero-order valence-corrected chi connectivity index (χ0v) is 13.8. The summed E-state index contributed by atoms with van der Waals surface area (Å²) in [6, 6.07) is 7.63. The van der Waals surface area contributed by atoms with Crippen LogP contribution in [0.15, 0.2) is 30.3 Å². The summed E-state index contributed by atoms with van der Waals surface area (Å²) in [5.74, 6) is 2.32. The van der Waals surface area contributed by atoms with E-state index in [-0.39, 0.29) is 5.04 Å². The molecular weight excluding hydrogens is 264 g/mol. The lowest BCUT2D eigenvalue weighted by atomic mass is 10.1. The Hall–Kier alpha value is -1.79. The highest BCUT2D eigenvalue weighted by atomic mass is 28.3. The molecule has 20 heavy (non-hydrogen) atoms. The first-order valence-corrected chi connectivity index (χ1v) is 9.66. The van der Waals surface area contributed by atoms with Gasteiger partial charge in [0.05, 0.1) is 0 Å². The minimum absolute atomic E-state index is 0.254. The first kappa shape index (κ1) is 16.3. The van der Waals surface area contributed by atoms with E-state index in [0.29, 0.717) is 0 Å². The summed E-state index contributed by atoms with van der Waals surface area (Å²) in [6.45, 7) is 11.3. The van der Waals surface area contributed by atoms with E-state index in [9.17, 15) is 4.79 Å². The van der Waals surface area contributed by atoms with E-state index in [1.165, 1.54) is 0 Å². The SMILES string of the molecule is CC(C)(C)[Si](C)(C)C#Cc1ccc(C=CC(=O)O)cc1. The highest BCUT2D eigenvalue weighted by molar-refractivity contribution is 6.87. The van der Waals surface area contributed by atoms with Gasteiger partial charge in [-0.1, -0.05) is 51.9 Å². The fourth-order valence-corrected chi connectivity index (χ4v) is 2.09. The normalized spacial score (nSPS) is 12.1. The average Bonchev–Trinajstić information content (AvgIpc) is 2.34. The topological polar surface area (TPSA) is 37.3 Å². The van der Waals surface area contributed by atoms with E-state index in [4.69, 9.17) is 5.11 Å². The van der Waals surface area contributed by atoms with E-state index in [0.717, 1.165) is 17.2 Å². The van der Waals surface area contributed by atoms with Crippen LogP contribution in [-0.4, -0.2) is 19.1 Å². The van der Waals surface area contributed by atoms with Crippen LogP contribution in [0.3, 0.4) is 0 Å². The lowest BCUT2D eigenvalue weighted by molar-refractivity contribution is -0.131. The molecule has 0 aliphatic carbocycles. The van der Waals surface area contributed by atoms with Crippen molar-refractivity contribution in [3.05, 3.63) is 41.5 Å². The van der Waals surface area contributed by atoms with Crippen molar-refractivity contribution in [3.8, 4) is 11.5 Å². The van der Waals surface area contributed by atoms with Crippen LogP contribution >= 0.6 is 0 Å². The second-order valence-electron chi connectivity index (χ2n) is 6.42. The quantitative estimate of drug-likeness (QED) is 0.503. The van der Waals surface area contributed by atoms with Gasteiger partial charge in [-0.3, -0.25) is 0 Å². The maximum atomic E-state index is 10.4. The molecule has 0 saturated heterocycles. The highest BCUT2D eigenvalue weighted by Gasteiger charge is 2.33. The molecule has 3 heteroatoms. The fourth-order valence-electron chi connectivity index (χ4n) is 1.26. The summed E-state index contributed by atoms with van der Waals surface area (Å²) < 4.78 is 0. The van der Waals surface area contributed by atoms with Gasteiger partial charge in [-0.2, -0.15) is 0 Å². The molecule has 0 aromatic heterocycles. The van der Waals surface area contributed by atoms with Crippen molar-refractivity contribution in [2.75, 3.05) is 0 Å². The molecule has 0 atom stereocenters. The van der Waals surface area contributed by atoms with Crippen molar-refractivity contribution in [1.29, 1.82) is 0 Å². The molecule has 0 aliphatic heterocycles. The molecule has 0 aliphatic rings. The van der Waals surface area contributed by atoms with Crippen LogP contribution in [0.25, 0.3) is 6.08 Å². The van der Waals surface area contributed by atoms with Gasteiger partial charge in [0.2, 0.25) is 0 Å². The van der Waals surface area contributed by atoms with Crippen molar-refractivity contribution in [2.24, 2.45) is 0 Å². The summed E-state index contributed by atoms with van der Waals surface area (Å²) in [7, 11) is -1.58. The zero-order valence-electron chi connectivity index (χ0n) is 12.8. The van der Waals surface area contributed by atoms with Gasteiger partial charge in [0.1, 0.15) is 8.07 Å². The Morgan fingerprint density at radius 1 is 1.20 bits per heavy atom. The summed E-state index contributed by atoms with van der Waals surface area (Å²) in [4.78, 5) is 10.4. The third-order valence-corrected chi connectivity index (χ3v) is 8.22. The summed E-state index contributed by atoms with van der Waals surface area (Å²) in [6.07, 6.45) is 2.71. The van der Waals surface area contributed by atoms with Crippen LogP contribution in [-0.2, 0) is 4.79 Å². The van der Waals surface area contributed by atoms with Gasteiger partial charge in [0, 0.05) is 11.6 Å². The Balaban J connectivity index is 2.89. The highest BCUT2D eigenvalue weighted by Crippen LogP contribution is 2.35. The third kappa shape index (κ3) is 4.71. The van der Waals surface area contributed by atoms with Crippen LogP contribution in [0, 0.1) is 11.5 Å². The smallest absolute Gasteiger partial charge is 0.328 e. The molecule has 1 aromatic rings. The van der Waals surface area contributed by atoms with E-state index in [2.05, 4.69) is 45.3 Å². The van der Waals surface area contributed by atoms with E-state index >= 15 is 0 Å². The predicted octanol–water partition coefficient (Wildman–Crippen LogP) is 4.18. The lowest BCUT2D eigenvalue weighted by Crippen LogP contribution is -2.35. The molecule has 106 valence electrons. The summed E-state index contributed by atoms with van der Waals surface area (Å²) in [5.41, 5.74) is 5.30. The molecule has 0 saturated carbocycles. The standard InChI is InChI=1S/C17H22O2Si/c1-17(2,3)20(4,5)13-12-15-8-6-14(7-9-15)10-11-16(18)19/h6-11H,1-5H3,(H,18,19). The first-order valence-electron chi connectivity index (χ1n) is 6.66. The van der Waals surface area contributed by atoms with Crippen molar-refractivity contribution in [2.45, 2.75) is 38.9 Å². The molecule has 0 heterocycles. The minimum Gasteiger partial charge on any atom is -0.478 e. The van der Waals surface area contributed by atoms with Gasteiger partial charge in [-0.25, -0.2) is 4.79 Å². The van der Waals surface area contributed by atoms with Crippen molar-refractivity contribution < 1.29 is 9.90 Å². The van der Waals surface area contributed by atoms with Gasteiger partial charge >= 0.3 is 5.97 Å². The largest absolute Gasteiger partial charge is 0.478 e. The summed E-state index contributed by atoms with van der Waals surface area (Å²) in [5, 5.41) is 8.83. The molecule has 0 amide bonds. The maximum absolute atomic E-state index is 10.4. The van der Waals surface area contributed by atoms with Crippen molar-refractivity contribution in [1.82, 2.24) is 0 Å². The minimum atomic E-state index is -1.58. The Labute approximate surface area is 122 Å². The number of aliphatic carboxylic acids is 1. The molecule has 0 radical (unpaired) electrons. The number of carbonyl (C=O) groups is 1. The van der Waals surface area contributed by atoms with Crippen LogP contribution < -0.4 is 0 Å². The second-order valence-corrected chi connectivity index (χ2v) is 11.4. The van der Waals surface area contributed by atoms with Gasteiger partial charge < -0.3 is 5.11 Å². The molecule has 1 rings (SSSR count). The molecule has 1 aromatic carbocycles. The maximum Gasteiger partial charge on any atom is 0.328 e. The number of hydrogen-bond donors (Lipinski definition) is 1. The zero-order chi connectivity index (χ0) is 15.4. The Morgan fingerprint density at radius 2 is 1.75 bits per heavy atom. The molecular formula is C17H22O2Si. The number of benzene rings is 1. The van der Waals surface area contributed by atoms with E-state index in [1.54, 1.807) is 6.08 Å². The predicted molar refractivity (Wildman–Crippen MR) is 87.2 cm³/mol. The van der Waals surface area contributed by atoms with Gasteiger partial charge in [0.15, 0.2) is 0 Å². The van der Waals surface area contributed by atoms with Crippen LogP contribution in [0.5, 0.6) is 0 Å². The Morgan fingerprint density at radius 3 is 2.20 bits per heavy atom. The third-order valence-electron chi connectivity index (χ3n) is 3.72. The molecule has 0 unspecified atom stereocenters. The molecule has 0 spiro atoms. The first-order chi connectivity index (χ1) is 9.12. The Bertz CT molecular complexity index is 564. The monoisotopic (exact) mass is 286 g/mol. The summed E-state index contributed by atoms with van der Waals surface area (Å²) >= 11 is 0. The average molecular weight is 286 g/mol.